The number of guanidine groups is 1. The van der Waals surface area contributed by atoms with E-state index in [4.69, 9.17) is 15.0 Å². The number of aliphatic carboxylic acids is 1. The SMILES string of the molecule is CCCOC(=O)N(OC(=O)CCc1ccccc1)C(=N)N(C)C(CCC)C(=O)O. The second-order valence-electron chi connectivity index (χ2n) is 6.43. The van der Waals surface area contributed by atoms with Crippen molar-refractivity contribution in [3.05, 3.63) is 35.9 Å². The molecule has 9 nitrogen and oxygen atoms in total. The monoisotopic (exact) mass is 407 g/mol. The number of carboxylic acid groups (broad SMARTS) is 1. The lowest BCUT2D eigenvalue weighted by molar-refractivity contribution is -0.169. The van der Waals surface area contributed by atoms with Crippen LogP contribution >= 0.6 is 0 Å². The van der Waals surface area contributed by atoms with Gasteiger partial charge in [-0.3, -0.25) is 5.41 Å². The molecular formula is C20H29N3O6. The lowest BCUT2D eigenvalue weighted by Crippen LogP contribution is -2.52. The first kappa shape index (κ1) is 23.9. The van der Waals surface area contributed by atoms with Gasteiger partial charge in [0.2, 0.25) is 5.96 Å². The van der Waals surface area contributed by atoms with Gasteiger partial charge < -0.3 is 19.6 Å². The second-order valence-corrected chi connectivity index (χ2v) is 6.43. The van der Waals surface area contributed by atoms with Gasteiger partial charge in [0.05, 0.1) is 13.0 Å². The van der Waals surface area contributed by atoms with E-state index in [-0.39, 0.29) is 19.4 Å². The van der Waals surface area contributed by atoms with Gasteiger partial charge in [0, 0.05) is 7.05 Å². The number of carbonyl (C=O) groups is 3. The van der Waals surface area contributed by atoms with Crippen molar-refractivity contribution >= 4 is 24.0 Å². The van der Waals surface area contributed by atoms with E-state index in [0.717, 1.165) is 10.5 Å². The molecule has 2 N–H and O–H groups in total. The summed E-state index contributed by atoms with van der Waals surface area (Å²) in [4.78, 5) is 42.2. The Kier molecular flexibility index (Phi) is 10.2. The number of ether oxygens (including phenoxy) is 1. The van der Waals surface area contributed by atoms with E-state index < -0.39 is 30.0 Å². The average molecular weight is 407 g/mol. The van der Waals surface area contributed by atoms with E-state index >= 15 is 0 Å². The largest absolute Gasteiger partial charge is 0.480 e. The zero-order valence-electron chi connectivity index (χ0n) is 17.1. The predicted octanol–water partition coefficient (Wildman–Crippen LogP) is 3.05. The molecule has 1 atom stereocenters. The quantitative estimate of drug-likeness (QED) is 0.367. The molecule has 1 amide bonds. The standard InChI is InChI=1S/C20H29N3O6/c1-4-9-16(18(25)26)22(3)19(21)23(20(27)28-14-5-2)29-17(24)13-12-15-10-7-6-8-11-15/h6-8,10-11,16,21H,4-5,9,12-14H2,1-3H3,(H,25,26). The highest BCUT2D eigenvalue weighted by Crippen LogP contribution is 2.12. The molecule has 0 saturated heterocycles. The van der Waals surface area contributed by atoms with Gasteiger partial charge in [0.15, 0.2) is 0 Å². The Hall–Kier alpha value is -3.10. The van der Waals surface area contributed by atoms with Gasteiger partial charge in [-0.1, -0.05) is 55.7 Å². The highest BCUT2D eigenvalue weighted by molar-refractivity contribution is 5.94. The van der Waals surface area contributed by atoms with Gasteiger partial charge in [-0.15, -0.1) is 0 Å². The Morgan fingerprint density at radius 2 is 1.79 bits per heavy atom. The Labute approximate surface area is 170 Å². The van der Waals surface area contributed by atoms with Crippen molar-refractivity contribution in [1.29, 1.82) is 5.41 Å². The fourth-order valence-electron chi connectivity index (χ4n) is 2.50. The smallest absolute Gasteiger partial charge is 0.451 e. The van der Waals surface area contributed by atoms with E-state index in [1.54, 1.807) is 6.92 Å². The topological polar surface area (TPSA) is 120 Å². The van der Waals surface area contributed by atoms with Crippen LogP contribution in [0.3, 0.4) is 0 Å². The van der Waals surface area contributed by atoms with Gasteiger partial charge >= 0.3 is 18.0 Å². The molecule has 0 bridgehead atoms. The Bertz CT molecular complexity index is 695. The number of amides is 1. The summed E-state index contributed by atoms with van der Waals surface area (Å²) in [5.74, 6) is -2.46. The lowest BCUT2D eigenvalue weighted by Gasteiger charge is -2.31. The Morgan fingerprint density at radius 1 is 1.14 bits per heavy atom. The molecule has 0 aliphatic rings. The highest BCUT2D eigenvalue weighted by atomic mass is 16.8. The van der Waals surface area contributed by atoms with Crippen molar-refractivity contribution in [3.8, 4) is 0 Å². The summed E-state index contributed by atoms with van der Waals surface area (Å²) in [7, 11) is 1.36. The summed E-state index contributed by atoms with van der Waals surface area (Å²) >= 11 is 0. The molecule has 160 valence electrons. The maximum Gasteiger partial charge on any atom is 0.451 e. The zero-order valence-corrected chi connectivity index (χ0v) is 17.1. The van der Waals surface area contributed by atoms with Crippen molar-refractivity contribution in [1.82, 2.24) is 9.96 Å². The molecule has 0 fully saturated rings. The third-order valence-corrected chi connectivity index (χ3v) is 4.09. The number of carboxylic acids is 1. The fourth-order valence-corrected chi connectivity index (χ4v) is 2.50. The molecule has 0 heterocycles. The first-order valence-corrected chi connectivity index (χ1v) is 9.57. The number of likely N-dealkylation sites (N-methyl/N-ethyl adjacent to an activating group) is 1. The molecule has 0 radical (unpaired) electrons. The maximum absolute atomic E-state index is 12.3. The molecule has 1 aromatic rings. The van der Waals surface area contributed by atoms with Gasteiger partial charge in [0.1, 0.15) is 6.04 Å². The number of hydrogen-bond acceptors (Lipinski definition) is 6. The highest BCUT2D eigenvalue weighted by Gasteiger charge is 2.33. The van der Waals surface area contributed by atoms with Crippen molar-refractivity contribution < 1.29 is 29.1 Å². The molecule has 0 aliphatic carbocycles. The number of nitrogens with one attached hydrogen (secondary N) is 1. The van der Waals surface area contributed by atoms with Crippen LogP contribution in [0.5, 0.6) is 0 Å². The van der Waals surface area contributed by atoms with Crippen LogP contribution in [0.1, 0.15) is 45.1 Å². The van der Waals surface area contributed by atoms with Gasteiger partial charge in [-0.25, -0.2) is 14.4 Å². The van der Waals surface area contributed by atoms with E-state index in [0.29, 0.717) is 24.3 Å². The maximum atomic E-state index is 12.3. The zero-order chi connectivity index (χ0) is 21.8. The number of rotatable bonds is 9. The number of nitrogens with zero attached hydrogens (tertiary/aromatic N) is 2. The molecule has 9 heteroatoms. The molecule has 1 aromatic carbocycles. The van der Waals surface area contributed by atoms with Crippen molar-refractivity contribution in [3.63, 3.8) is 0 Å². The number of hydroxylamine groups is 2. The molecule has 0 aliphatic heterocycles. The summed E-state index contributed by atoms with van der Waals surface area (Å²) in [5.41, 5.74) is 0.922. The third-order valence-electron chi connectivity index (χ3n) is 4.09. The van der Waals surface area contributed by atoms with Crippen molar-refractivity contribution in [2.75, 3.05) is 13.7 Å². The van der Waals surface area contributed by atoms with Crippen molar-refractivity contribution in [2.45, 2.75) is 52.0 Å². The number of hydrogen-bond donors (Lipinski definition) is 2. The summed E-state index contributed by atoms with van der Waals surface area (Å²) in [6.07, 6.45) is 0.694. The minimum Gasteiger partial charge on any atom is -0.480 e. The molecule has 0 saturated carbocycles. The first-order chi connectivity index (χ1) is 13.8. The first-order valence-electron chi connectivity index (χ1n) is 9.57. The third kappa shape index (κ3) is 7.81. The van der Waals surface area contributed by atoms with Crippen LogP contribution in [0.2, 0.25) is 0 Å². The van der Waals surface area contributed by atoms with Gasteiger partial charge in [-0.05, 0) is 24.8 Å². The summed E-state index contributed by atoms with van der Waals surface area (Å²) in [6, 6.07) is 8.23. The Balaban J connectivity index is 2.88. The minimum absolute atomic E-state index is 0.0180. The van der Waals surface area contributed by atoms with Gasteiger partial charge in [-0.2, -0.15) is 0 Å². The van der Waals surface area contributed by atoms with Crippen LogP contribution in [-0.4, -0.2) is 58.8 Å². The second kappa shape index (κ2) is 12.4. The molecule has 0 spiro atoms. The number of benzene rings is 1. The summed E-state index contributed by atoms with van der Waals surface area (Å²) < 4.78 is 4.98. The van der Waals surface area contributed by atoms with E-state index in [1.807, 2.05) is 37.3 Å². The van der Waals surface area contributed by atoms with Crippen molar-refractivity contribution in [2.24, 2.45) is 0 Å². The molecule has 1 unspecified atom stereocenters. The van der Waals surface area contributed by atoms with Crippen LogP contribution in [0.4, 0.5) is 4.79 Å². The van der Waals surface area contributed by atoms with Gasteiger partial charge in [0.25, 0.3) is 0 Å². The Morgan fingerprint density at radius 3 is 2.34 bits per heavy atom. The van der Waals surface area contributed by atoms with E-state index in [1.165, 1.54) is 7.05 Å². The summed E-state index contributed by atoms with van der Waals surface area (Å²) in [5, 5.41) is 18.0. The van der Waals surface area contributed by atoms with Crippen LogP contribution in [0.15, 0.2) is 30.3 Å². The fraction of sp³-hybridized carbons (Fsp3) is 0.500. The predicted molar refractivity (Wildman–Crippen MR) is 106 cm³/mol. The minimum atomic E-state index is -1.14. The van der Waals surface area contributed by atoms with E-state index in [2.05, 4.69) is 0 Å². The molecule has 29 heavy (non-hydrogen) atoms. The average Bonchev–Trinajstić information content (AvgIpc) is 2.72. The van der Waals surface area contributed by atoms with E-state index in [9.17, 15) is 19.5 Å². The lowest BCUT2D eigenvalue weighted by atomic mass is 10.1. The molecule has 0 aromatic heterocycles. The number of aryl methyl sites for hydroxylation is 1. The van der Waals surface area contributed by atoms with Crippen LogP contribution in [0.25, 0.3) is 0 Å². The molecule has 1 rings (SSSR count). The number of carbonyl (C=O) groups excluding carboxylic acids is 2. The van der Waals surface area contributed by atoms with Crippen LogP contribution in [-0.2, 0) is 25.6 Å². The normalized spacial score (nSPS) is 11.3. The van der Waals surface area contributed by atoms with Crippen LogP contribution in [0, 0.1) is 5.41 Å². The van der Waals surface area contributed by atoms with Crippen LogP contribution < -0.4 is 0 Å². The molecular weight excluding hydrogens is 378 g/mol. The summed E-state index contributed by atoms with van der Waals surface area (Å²) in [6.45, 7) is 3.68.